The minimum absolute atomic E-state index is 0.793. The topological polar surface area (TPSA) is 24.5 Å². The maximum Gasteiger partial charge on any atom is 0.142 e. The molecule has 0 radical (unpaired) electrons. The molecule has 3 rings (SSSR count). The van der Waals surface area contributed by atoms with Gasteiger partial charge in [0.2, 0.25) is 0 Å². The Balaban J connectivity index is 1.86. The van der Waals surface area contributed by atoms with Crippen molar-refractivity contribution in [1.82, 2.24) is 5.32 Å². The molecule has 17 heavy (non-hydrogen) atoms. The summed E-state index contributed by atoms with van der Waals surface area (Å²) in [5.41, 5.74) is 2.69. The molecule has 1 saturated carbocycles. The lowest BCUT2D eigenvalue weighted by atomic mass is 10.1. The first-order valence-electron chi connectivity index (χ1n) is 6.52. The second-order valence-corrected chi connectivity index (χ2v) is 4.94. The molecule has 3 nitrogen and oxygen atoms in total. The van der Waals surface area contributed by atoms with E-state index in [1.54, 1.807) is 7.11 Å². The molecule has 0 amide bonds. The van der Waals surface area contributed by atoms with E-state index in [-0.39, 0.29) is 0 Å². The van der Waals surface area contributed by atoms with Crippen LogP contribution in [-0.4, -0.2) is 33.3 Å². The Labute approximate surface area is 103 Å². The van der Waals surface area contributed by atoms with E-state index in [9.17, 15) is 0 Å². The Bertz CT molecular complexity index is 395. The molecule has 1 aromatic rings. The van der Waals surface area contributed by atoms with Crippen LogP contribution < -0.4 is 15.0 Å². The van der Waals surface area contributed by atoms with Crippen molar-refractivity contribution in [3.63, 3.8) is 0 Å². The van der Waals surface area contributed by atoms with Gasteiger partial charge < -0.3 is 15.0 Å². The summed E-state index contributed by atoms with van der Waals surface area (Å²) in [5, 5.41) is 3.38. The third-order valence-electron chi connectivity index (χ3n) is 3.71. The lowest BCUT2D eigenvalue weighted by Gasteiger charge is -2.30. The van der Waals surface area contributed by atoms with Gasteiger partial charge in [0.25, 0.3) is 0 Å². The number of methoxy groups -OCH3 is 1. The van der Waals surface area contributed by atoms with Crippen molar-refractivity contribution in [3.05, 3.63) is 23.8 Å². The zero-order valence-corrected chi connectivity index (χ0v) is 10.4. The van der Waals surface area contributed by atoms with Gasteiger partial charge in [-0.2, -0.15) is 0 Å². The number of ether oxygens (including phenoxy) is 1. The van der Waals surface area contributed by atoms with Crippen molar-refractivity contribution in [1.29, 1.82) is 0 Å². The first-order valence-corrected chi connectivity index (χ1v) is 6.52. The Hall–Kier alpha value is -1.22. The number of hydrogen-bond acceptors (Lipinski definition) is 3. The maximum atomic E-state index is 5.56. The number of piperazine rings is 1. The van der Waals surface area contributed by atoms with Crippen LogP contribution in [0.1, 0.15) is 24.3 Å². The van der Waals surface area contributed by atoms with Crippen LogP contribution in [0.3, 0.4) is 0 Å². The van der Waals surface area contributed by atoms with Gasteiger partial charge in [-0.15, -0.1) is 0 Å². The minimum atomic E-state index is 0.793. The van der Waals surface area contributed by atoms with E-state index in [2.05, 4.69) is 28.4 Å². The van der Waals surface area contributed by atoms with Crippen molar-refractivity contribution in [3.8, 4) is 5.75 Å². The van der Waals surface area contributed by atoms with Gasteiger partial charge in [0, 0.05) is 26.2 Å². The van der Waals surface area contributed by atoms with Gasteiger partial charge in [-0.25, -0.2) is 0 Å². The third-order valence-corrected chi connectivity index (χ3v) is 3.71. The standard InChI is InChI=1S/C14H20N2O/c1-17-14-10-12(11-2-3-11)4-5-13(14)16-8-6-15-7-9-16/h4-5,10-11,15H,2-3,6-9H2,1H3. The van der Waals surface area contributed by atoms with Crippen LogP contribution in [0.15, 0.2) is 18.2 Å². The van der Waals surface area contributed by atoms with Crippen molar-refractivity contribution in [2.75, 3.05) is 38.2 Å². The maximum absolute atomic E-state index is 5.56. The molecule has 2 aliphatic rings. The van der Waals surface area contributed by atoms with Crippen LogP contribution in [0.25, 0.3) is 0 Å². The molecule has 0 aromatic heterocycles. The summed E-state index contributed by atoms with van der Waals surface area (Å²) in [5.74, 6) is 1.83. The molecule has 0 unspecified atom stereocenters. The minimum Gasteiger partial charge on any atom is -0.495 e. The van der Waals surface area contributed by atoms with Gasteiger partial charge in [-0.1, -0.05) is 6.07 Å². The highest BCUT2D eigenvalue weighted by Gasteiger charge is 2.25. The molecule has 1 N–H and O–H groups in total. The quantitative estimate of drug-likeness (QED) is 0.862. The fourth-order valence-corrected chi connectivity index (χ4v) is 2.53. The molecule has 0 spiro atoms. The molecule has 92 valence electrons. The Morgan fingerprint density at radius 3 is 2.65 bits per heavy atom. The normalized spacial score (nSPS) is 20.4. The SMILES string of the molecule is COc1cc(C2CC2)ccc1N1CCNCC1. The fraction of sp³-hybridized carbons (Fsp3) is 0.571. The third kappa shape index (κ3) is 2.25. The number of anilines is 1. The number of nitrogens with zero attached hydrogens (tertiary/aromatic N) is 1. The molecular formula is C14H20N2O. The highest BCUT2D eigenvalue weighted by Crippen LogP contribution is 2.43. The van der Waals surface area contributed by atoms with Crippen molar-refractivity contribution >= 4 is 5.69 Å². The van der Waals surface area contributed by atoms with Gasteiger partial charge >= 0.3 is 0 Å². The smallest absolute Gasteiger partial charge is 0.142 e. The van der Waals surface area contributed by atoms with E-state index in [0.717, 1.165) is 37.8 Å². The summed E-state index contributed by atoms with van der Waals surface area (Å²) in [6, 6.07) is 6.74. The zero-order chi connectivity index (χ0) is 11.7. The summed E-state index contributed by atoms with van der Waals surface area (Å²) >= 11 is 0. The molecule has 0 atom stereocenters. The average Bonchev–Trinajstić information content (AvgIpc) is 3.23. The predicted octanol–water partition coefficient (Wildman–Crippen LogP) is 1.98. The van der Waals surface area contributed by atoms with Gasteiger partial charge in [0.15, 0.2) is 0 Å². The van der Waals surface area contributed by atoms with Crippen molar-refractivity contribution < 1.29 is 4.74 Å². The van der Waals surface area contributed by atoms with E-state index in [1.807, 2.05) is 0 Å². The number of benzene rings is 1. The molecule has 1 aliphatic heterocycles. The highest BCUT2D eigenvalue weighted by molar-refractivity contribution is 5.60. The molecule has 1 aliphatic carbocycles. The predicted molar refractivity (Wildman–Crippen MR) is 70.1 cm³/mol. The summed E-state index contributed by atoms with van der Waals surface area (Å²) in [6.07, 6.45) is 2.69. The number of hydrogen-bond donors (Lipinski definition) is 1. The fourth-order valence-electron chi connectivity index (χ4n) is 2.53. The van der Waals surface area contributed by atoms with E-state index >= 15 is 0 Å². The largest absolute Gasteiger partial charge is 0.495 e. The molecule has 1 aromatic carbocycles. The lowest BCUT2D eigenvalue weighted by Crippen LogP contribution is -2.43. The molecule has 1 saturated heterocycles. The van der Waals surface area contributed by atoms with E-state index in [0.29, 0.717) is 0 Å². The summed E-state index contributed by atoms with van der Waals surface area (Å²) in [6.45, 7) is 4.26. The highest BCUT2D eigenvalue weighted by atomic mass is 16.5. The van der Waals surface area contributed by atoms with Gasteiger partial charge in [0.05, 0.1) is 12.8 Å². The van der Waals surface area contributed by atoms with Gasteiger partial charge in [-0.05, 0) is 36.5 Å². The van der Waals surface area contributed by atoms with E-state index in [4.69, 9.17) is 4.74 Å². The second kappa shape index (κ2) is 4.57. The monoisotopic (exact) mass is 232 g/mol. The van der Waals surface area contributed by atoms with Crippen LogP contribution in [0.5, 0.6) is 5.75 Å². The molecule has 3 heteroatoms. The first kappa shape index (κ1) is 10.9. The molecule has 1 heterocycles. The number of nitrogens with one attached hydrogen (secondary N) is 1. The van der Waals surface area contributed by atoms with Crippen LogP contribution in [0.2, 0.25) is 0 Å². The molecular weight excluding hydrogens is 212 g/mol. The summed E-state index contributed by atoms with van der Waals surface area (Å²) in [4.78, 5) is 2.41. The van der Waals surface area contributed by atoms with Crippen LogP contribution in [0, 0.1) is 0 Å². The van der Waals surface area contributed by atoms with Gasteiger partial charge in [0.1, 0.15) is 5.75 Å². The molecule has 0 bridgehead atoms. The summed E-state index contributed by atoms with van der Waals surface area (Å²) < 4.78 is 5.56. The first-order chi connectivity index (χ1) is 8.38. The van der Waals surface area contributed by atoms with Crippen molar-refractivity contribution in [2.45, 2.75) is 18.8 Å². The zero-order valence-electron chi connectivity index (χ0n) is 10.4. The Morgan fingerprint density at radius 2 is 2.00 bits per heavy atom. The van der Waals surface area contributed by atoms with Gasteiger partial charge in [-0.3, -0.25) is 0 Å². The Morgan fingerprint density at radius 1 is 1.24 bits per heavy atom. The lowest BCUT2D eigenvalue weighted by molar-refractivity contribution is 0.412. The van der Waals surface area contributed by atoms with Crippen LogP contribution in [0.4, 0.5) is 5.69 Å². The summed E-state index contributed by atoms with van der Waals surface area (Å²) in [7, 11) is 1.78. The second-order valence-electron chi connectivity index (χ2n) is 4.94. The number of rotatable bonds is 3. The average molecular weight is 232 g/mol. The van der Waals surface area contributed by atoms with Crippen molar-refractivity contribution in [2.24, 2.45) is 0 Å². The molecule has 2 fully saturated rings. The van der Waals surface area contributed by atoms with Crippen LogP contribution in [-0.2, 0) is 0 Å². The van der Waals surface area contributed by atoms with E-state index < -0.39 is 0 Å². The van der Waals surface area contributed by atoms with E-state index in [1.165, 1.54) is 24.1 Å². The van der Waals surface area contributed by atoms with Crippen LogP contribution >= 0.6 is 0 Å². The Kier molecular flexibility index (Phi) is 2.93.